The van der Waals surface area contributed by atoms with Crippen LogP contribution >= 0.6 is 30.8 Å². The molecule has 2 unspecified atom stereocenters. The van der Waals surface area contributed by atoms with Crippen LogP contribution in [0.3, 0.4) is 0 Å². The third-order valence-electron chi connectivity index (χ3n) is 6.71. The second-order valence-corrected chi connectivity index (χ2v) is 16.0. The van der Waals surface area contributed by atoms with Crippen LogP contribution in [-0.2, 0) is 29.4 Å². The number of hydrogen-bond donors (Lipinski definition) is 5. The number of hydrogen-bond acceptors (Lipinski definition) is 6. The highest BCUT2D eigenvalue weighted by Crippen LogP contribution is 2.43. The Morgan fingerprint density at radius 3 is 1.29 bits per heavy atom. The van der Waals surface area contributed by atoms with Gasteiger partial charge in [0.25, 0.3) is 0 Å². The molecule has 0 bridgehead atoms. The third-order valence-corrected chi connectivity index (χ3v) is 11.6. The van der Waals surface area contributed by atoms with Crippen LogP contribution in [-0.4, -0.2) is 49.5 Å². The topological polar surface area (TPSA) is 187 Å². The lowest BCUT2D eigenvalue weighted by Gasteiger charge is -2.22. The monoisotopic (exact) mass is 712 g/mol. The van der Waals surface area contributed by atoms with Gasteiger partial charge >= 0.3 is 13.6 Å². The van der Waals surface area contributed by atoms with Crippen molar-refractivity contribution in [2.75, 3.05) is 0 Å². The second-order valence-electron chi connectivity index (χ2n) is 9.88. The highest BCUT2D eigenvalue weighted by Gasteiger charge is 2.35. The molecule has 4 aromatic carbocycles. The van der Waals surface area contributed by atoms with Gasteiger partial charge < -0.3 is 14.9 Å². The van der Waals surface area contributed by atoms with Gasteiger partial charge in [-0.05, 0) is 83.6 Å². The fourth-order valence-electron chi connectivity index (χ4n) is 4.29. The maximum atomic E-state index is 13.0. The van der Waals surface area contributed by atoms with Crippen LogP contribution in [0.25, 0.3) is 22.3 Å². The van der Waals surface area contributed by atoms with E-state index in [1.54, 1.807) is 48.5 Å². The molecule has 16 heteroatoms. The molecule has 0 spiro atoms. The summed E-state index contributed by atoms with van der Waals surface area (Å²) in [7, 11) is -14.0. The van der Waals surface area contributed by atoms with Crippen LogP contribution < -0.4 is 9.44 Å². The van der Waals surface area contributed by atoms with Crippen LogP contribution in [0.4, 0.5) is 0 Å². The summed E-state index contributed by atoms with van der Waals surface area (Å²) in [4.78, 5) is 31.1. The highest BCUT2D eigenvalue weighted by molar-refractivity contribution is 7.90. The maximum absolute atomic E-state index is 13.0. The van der Waals surface area contributed by atoms with Crippen molar-refractivity contribution in [2.45, 2.75) is 34.5 Å². The SMILES string of the molecule is O=C(O)C(CCC(NS(=O)(=O)c1ccc(-c2ccc(Cl)cc2)cc1)P(=O)(O)O)NS(=O)(=O)c1ccc(-c2ccc(Cl)cc2)cc1. The first-order valence-electron chi connectivity index (χ1n) is 13.1. The summed E-state index contributed by atoms with van der Waals surface area (Å²) in [6.45, 7) is 0. The molecule has 0 aliphatic rings. The Kier molecular flexibility index (Phi) is 10.9. The van der Waals surface area contributed by atoms with Gasteiger partial charge in [0.15, 0.2) is 0 Å². The van der Waals surface area contributed by atoms with E-state index in [2.05, 4.69) is 0 Å². The normalized spacial score (nSPS) is 13.7. The van der Waals surface area contributed by atoms with Gasteiger partial charge in [-0.1, -0.05) is 71.7 Å². The molecule has 0 amide bonds. The molecule has 4 aromatic rings. The lowest BCUT2D eigenvalue weighted by molar-refractivity contribution is -0.139. The Balaban J connectivity index is 1.46. The second kappa shape index (κ2) is 14.1. The Morgan fingerprint density at radius 1 is 0.622 bits per heavy atom. The summed E-state index contributed by atoms with van der Waals surface area (Å²) in [6, 6.07) is 22.9. The molecule has 0 aliphatic heterocycles. The Morgan fingerprint density at radius 2 is 0.956 bits per heavy atom. The van der Waals surface area contributed by atoms with Crippen molar-refractivity contribution in [3.8, 4) is 22.3 Å². The van der Waals surface area contributed by atoms with Crippen LogP contribution in [0.1, 0.15) is 12.8 Å². The van der Waals surface area contributed by atoms with Crippen molar-refractivity contribution in [1.29, 1.82) is 0 Å². The van der Waals surface area contributed by atoms with Crippen molar-refractivity contribution < 1.29 is 41.1 Å². The van der Waals surface area contributed by atoms with Crippen molar-refractivity contribution in [2.24, 2.45) is 0 Å². The van der Waals surface area contributed by atoms with Gasteiger partial charge in [-0.25, -0.2) is 16.8 Å². The van der Waals surface area contributed by atoms with E-state index in [4.69, 9.17) is 23.2 Å². The summed E-state index contributed by atoms with van der Waals surface area (Å²) < 4.78 is 68.2. The molecule has 238 valence electrons. The van der Waals surface area contributed by atoms with Crippen molar-refractivity contribution >= 4 is 56.8 Å². The molecule has 0 aromatic heterocycles. The summed E-state index contributed by atoms with van der Waals surface area (Å²) >= 11 is 11.8. The van der Waals surface area contributed by atoms with E-state index in [1.165, 1.54) is 48.5 Å². The van der Waals surface area contributed by atoms with Crippen molar-refractivity contribution in [1.82, 2.24) is 9.44 Å². The fraction of sp³-hybridized carbons (Fsp3) is 0.138. The average Bonchev–Trinajstić information content (AvgIpc) is 2.99. The molecular formula is C29H27Cl2N2O9PS2. The smallest absolute Gasteiger partial charge is 0.343 e. The van der Waals surface area contributed by atoms with E-state index in [-0.39, 0.29) is 9.79 Å². The minimum absolute atomic E-state index is 0.249. The molecule has 0 heterocycles. The van der Waals surface area contributed by atoms with Crippen LogP contribution in [0.5, 0.6) is 0 Å². The number of carboxylic acids is 1. The summed E-state index contributed by atoms with van der Waals surface area (Å²) in [5, 5.41) is 10.7. The number of carbonyl (C=O) groups is 1. The van der Waals surface area contributed by atoms with Crippen molar-refractivity contribution in [3.63, 3.8) is 0 Å². The first-order valence-corrected chi connectivity index (χ1v) is 18.5. The van der Waals surface area contributed by atoms with E-state index in [9.17, 15) is 41.1 Å². The van der Waals surface area contributed by atoms with E-state index < -0.39 is 58.3 Å². The standard InChI is InChI=1S/C29H27Cl2N2O9PS2/c30-23-9-1-19(2-10-23)21-5-13-25(14-6-21)44(39,40)32-27(29(34)35)17-18-28(43(36,37)38)33-45(41,42)26-15-7-22(8-16-26)20-3-11-24(31)12-4-20/h1-16,27-28,32-33H,17-18H2,(H,34,35)(H2,36,37,38). The third kappa shape index (κ3) is 9.23. The maximum Gasteiger partial charge on any atom is 0.343 e. The predicted molar refractivity (Wildman–Crippen MR) is 171 cm³/mol. The molecule has 4 rings (SSSR count). The molecule has 0 saturated carbocycles. The predicted octanol–water partition coefficient (Wildman–Crippen LogP) is 5.32. The van der Waals surface area contributed by atoms with Gasteiger partial charge in [0.1, 0.15) is 11.8 Å². The number of rotatable bonds is 13. The minimum atomic E-state index is -5.17. The zero-order valence-corrected chi connectivity index (χ0v) is 27.2. The van der Waals surface area contributed by atoms with E-state index in [1.807, 2.05) is 9.44 Å². The van der Waals surface area contributed by atoms with Gasteiger partial charge in [-0.3, -0.25) is 9.36 Å². The molecule has 0 fully saturated rings. The fourth-order valence-corrected chi connectivity index (χ4v) is 8.33. The molecule has 5 N–H and O–H groups in total. The van der Waals surface area contributed by atoms with Gasteiger partial charge in [0, 0.05) is 10.0 Å². The zero-order chi connectivity index (χ0) is 33.0. The lowest BCUT2D eigenvalue weighted by atomic mass is 10.1. The molecule has 45 heavy (non-hydrogen) atoms. The average molecular weight is 714 g/mol. The van der Waals surface area contributed by atoms with E-state index >= 15 is 0 Å². The number of nitrogens with one attached hydrogen (secondary N) is 2. The quantitative estimate of drug-likeness (QED) is 0.114. The molecule has 0 saturated heterocycles. The number of benzene rings is 4. The molecule has 0 radical (unpaired) electrons. The van der Waals surface area contributed by atoms with Crippen LogP contribution in [0.15, 0.2) is 107 Å². The number of carboxylic acid groups (broad SMARTS) is 1. The highest BCUT2D eigenvalue weighted by atomic mass is 35.5. The summed E-state index contributed by atoms with van der Waals surface area (Å²) in [6.07, 6.45) is -1.35. The van der Waals surface area contributed by atoms with Gasteiger partial charge in [0.05, 0.1) is 9.79 Å². The number of halogens is 2. The number of aliphatic carboxylic acids is 1. The first-order chi connectivity index (χ1) is 21.0. The molecule has 2 atom stereocenters. The van der Waals surface area contributed by atoms with E-state index in [0.717, 1.165) is 11.1 Å². The Hall–Kier alpha value is -3.10. The van der Waals surface area contributed by atoms with E-state index in [0.29, 0.717) is 21.2 Å². The minimum Gasteiger partial charge on any atom is -0.480 e. The molecule has 0 aliphatic carbocycles. The zero-order valence-electron chi connectivity index (χ0n) is 23.1. The molecule has 11 nitrogen and oxygen atoms in total. The first kappa shape index (κ1) is 34.8. The Bertz CT molecular complexity index is 1920. The van der Waals surface area contributed by atoms with Crippen LogP contribution in [0.2, 0.25) is 10.0 Å². The van der Waals surface area contributed by atoms with Crippen LogP contribution in [0, 0.1) is 0 Å². The Labute approximate surface area is 270 Å². The van der Waals surface area contributed by atoms with Gasteiger partial charge in [-0.15, -0.1) is 0 Å². The summed E-state index contributed by atoms with van der Waals surface area (Å²) in [5.74, 6) is -3.66. The molecular weight excluding hydrogens is 686 g/mol. The van der Waals surface area contributed by atoms with Gasteiger partial charge in [-0.2, -0.15) is 9.44 Å². The van der Waals surface area contributed by atoms with Gasteiger partial charge in [0.2, 0.25) is 20.0 Å². The van der Waals surface area contributed by atoms with Crippen molar-refractivity contribution in [3.05, 3.63) is 107 Å². The largest absolute Gasteiger partial charge is 0.480 e. The number of sulfonamides is 2. The lowest BCUT2D eigenvalue weighted by Crippen LogP contribution is -2.42. The summed E-state index contributed by atoms with van der Waals surface area (Å²) in [5.41, 5.74) is 2.86.